The normalized spacial score (nSPS) is 20.9. The lowest BCUT2D eigenvalue weighted by Gasteiger charge is -2.37. The van der Waals surface area contributed by atoms with Gasteiger partial charge in [0.1, 0.15) is 0 Å². The van der Waals surface area contributed by atoms with Gasteiger partial charge in [-0.1, -0.05) is 42.5 Å². The maximum Gasteiger partial charge on any atom is 0.174 e. The second-order valence-electron chi connectivity index (χ2n) is 8.38. The zero-order valence-electron chi connectivity index (χ0n) is 18.8. The van der Waals surface area contributed by atoms with Gasteiger partial charge < -0.3 is 14.8 Å². The van der Waals surface area contributed by atoms with Crippen molar-refractivity contribution in [3.05, 3.63) is 93.1 Å². The van der Waals surface area contributed by atoms with E-state index in [1.54, 1.807) is 7.11 Å². The highest BCUT2D eigenvalue weighted by atomic mass is 127. The van der Waals surface area contributed by atoms with Crippen molar-refractivity contribution < 1.29 is 9.47 Å². The monoisotopic (exact) mass is 550 g/mol. The van der Waals surface area contributed by atoms with Gasteiger partial charge in [-0.25, -0.2) is 0 Å². The smallest absolute Gasteiger partial charge is 0.174 e. The van der Waals surface area contributed by atoms with Gasteiger partial charge in [0.05, 0.1) is 29.0 Å². The molecular formula is C28H27IN2O2. The first-order chi connectivity index (χ1) is 16.2. The second kappa shape index (κ2) is 9.59. The number of nitrogens with one attached hydrogen (secondary N) is 1. The number of benzene rings is 3. The summed E-state index contributed by atoms with van der Waals surface area (Å²) in [5.41, 5.74) is 5.87. The summed E-state index contributed by atoms with van der Waals surface area (Å²) in [5, 5.41) is 3.79. The minimum Gasteiger partial charge on any atom is -0.493 e. The summed E-state index contributed by atoms with van der Waals surface area (Å²) in [6.45, 7) is 2.57. The molecule has 0 saturated carbocycles. The van der Waals surface area contributed by atoms with Crippen molar-refractivity contribution in [1.82, 2.24) is 0 Å². The van der Waals surface area contributed by atoms with Crippen molar-refractivity contribution in [3.8, 4) is 11.5 Å². The predicted molar refractivity (Wildman–Crippen MR) is 143 cm³/mol. The van der Waals surface area contributed by atoms with Gasteiger partial charge in [-0.15, -0.1) is 0 Å². The molecule has 1 aliphatic carbocycles. The molecule has 0 saturated heterocycles. The van der Waals surface area contributed by atoms with Crippen molar-refractivity contribution in [2.75, 3.05) is 19.0 Å². The molecule has 0 aromatic heterocycles. The molecule has 5 rings (SSSR count). The lowest BCUT2D eigenvalue weighted by Crippen LogP contribution is -2.28. The average Bonchev–Trinajstić information content (AvgIpc) is 3.34. The largest absolute Gasteiger partial charge is 0.493 e. The summed E-state index contributed by atoms with van der Waals surface area (Å²) in [4.78, 5) is 4.70. The number of methoxy groups -OCH3 is 1. The van der Waals surface area contributed by atoms with Gasteiger partial charge in [-0.05, 0) is 88.9 Å². The van der Waals surface area contributed by atoms with Crippen LogP contribution in [0.15, 0.2) is 77.8 Å². The molecule has 0 fully saturated rings. The highest BCUT2D eigenvalue weighted by Crippen LogP contribution is 2.49. The molecule has 0 unspecified atom stereocenters. The van der Waals surface area contributed by atoms with E-state index in [2.05, 4.69) is 94.7 Å². The number of hydrogen-bond acceptors (Lipinski definition) is 4. The van der Waals surface area contributed by atoms with Gasteiger partial charge in [0, 0.05) is 17.8 Å². The summed E-state index contributed by atoms with van der Waals surface area (Å²) >= 11 is 2.28. The zero-order valence-corrected chi connectivity index (χ0v) is 21.0. The molecule has 168 valence electrons. The van der Waals surface area contributed by atoms with Crippen LogP contribution in [0, 0.1) is 9.49 Å². The molecule has 4 nitrogen and oxygen atoms in total. The summed E-state index contributed by atoms with van der Waals surface area (Å²) in [6, 6.07) is 21.6. The topological polar surface area (TPSA) is 42.8 Å². The molecule has 3 atom stereocenters. The molecule has 3 aromatic carbocycles. The fourth-order valence-corrected chi connectivity index (χ4v) is 5.67. The Hall–Kier alpha value is -2.80. The SMILES string of the molecule is CCOc1c(I)cc(C=Nc2ccc([C@@H]3Nc4ccccc4[C@@H]4C=CC[C@H]43)cc2)cc1OC. The van der Waals surface area contributed by atoms with E-state index in [1.807, 2.05) is 19.2 Å². The van der Waals surface area contributed by atoms with Crippen molar-refractivity contribution in [3.63, 3.8) is 0 Å². The minimum absolute atomic E-state index is 0.301. The first-order valence-corrected chi connectivity index (χ1v) is 12.4. The van der Waals surface area contributed by atoms with Crippen LogP contribution in [-0.2, 0) is 0 Å². The first kappa shape index (κ1) is 22.0. The van der Waals surface area contributed by atoms with Crippen LogP contribution in [0.1, 0.15) is 42.0 Å². The lowest BCUT2D eigenvalue weighted by atomic mass is 9.77. The van der Waals surface area contributed by atoms with Gasteiger partial charge in [0.2, 0.25) is 0 Å². The lowest BCUT2D eigenvalue weighted by molar-refractivity contribution is 0.308. The van der Waals surface area contributed by atoms with Crippen molar-refractivity contribution in [1.29, 1.82) is 0 Å². The molecule has 0 bridgehead atoms. The fourth-order valence-electron chi connectivity index (χ4n) is 4.89. The van der Waals surface area contributed by atoms with Gasteiger partial charge in [-0.3, -0.25) is 4.99 Å². The Kier molecular flexibility index (Phi) is 6.40. The third-order valence-electron chi connectivity index (χ3n) is 6.43. The number of allylic oxidation sites excluding steroid dienone is 2. The third kappa shape index (κ3) is 4.38. The Labute approximate surface area is 208 Å². The van der Waals surface area contributed by atoms with E-state index >= 15 is 0 Å². The summed E-state index contributed by atoms with van der Waals surface area (Å²) in [7, 11) is 1.66. The molecule has 1 aliphatic heterocycles. The van der Waals surface area contributed by atoms with Crippen LogP contribution in [0.3, 0.4) is 0 Å². The van der Waals surface area contributed by atoms with Crippen LogP contribution in [0.5, 0.6) is 11.5 Å². The zero-order chi connectivity index (χ0) is 22.8. The molecule has 33 heavy (non-hydrogen) atoms. The van der Waals surface area contributed by atoms with Crippen molar-refractivity contribution in [2.45, 2.75) is 25.3 Å². The molecular weight excluding hydrogens is 523 g/mol. The maximum absolute atomic E-state index is 5.71. The molecule has 1 N–H and O–H groups in total. The van der Waals surface area contributed by atoms with Crippen LogP contribution in [0.4, 0.5) is 11.4 Å². The van der Waals surface area contributed by atoms with Gasteiger partial charge >= 0.3 is 0 Å². The van der Waals surface area contributed by atoms with Crippen LogP contribution < -0.4 is 14.8 Å². The van der Waals surface area contributed by atoms with E-state index in [0.717, 1.165) is 32.7 Å². The number of halogens is 1. The molecule has 2 aliphatic rings. The number of aliphatic imine (C=N–C) groups is 1. The van der Waals surface area contributed by atoms with E-state index in [-0.39, 0.29) is 0 Å². The predicted octanol–water partition coefficient (Wildman–Crippen LogP) is 7.28. The molecule has 1 heterocycles. The van der Waals surface area contributed by atoms with Crippen LogP contribution >= 0.6 is 22.6 Å². The van der Waals surface area contributed by atoms with Crippen molar-refractivity contribution in [2.24, 2.45) is 10.9 Å². The van der Waals surface area contributed by atoms with Crippen LogP contribution in [0.2, 0.25) is 0 Å². The third-order valence-corrected chi connectivity index (χ3v) is 7.23. The molecule has 3 aromatic rings. The Morgan fingerprint density at radius 1 is 1.12 bits per heavy atom. The maximum atomic E-state index is 5.71. The van der Waals surface area contributed by atoms with Crippen LogP contribution in [-0.4, -0.2) is 19.9 Å². The first-order valence-electron chi connectivity index (χ1n) is 11.3. The van der Waals surface area contributed by atoms with E-state index < -0.39 is 0 Å². The number of nitrogens with zero attached hydrogens (tertiary/aromatic N) is 1. The summed E-state index contributed by atoms with van der Waals surface area (Å²) < 4.78 is 12.2. The second-order valence-corrected chi connectivity index (χ2v) is 9.54. The quantitative estimate of drug-likeness (QED) is 0.199. The van der Waals surface area contributed by atoms with E-state index in [9.17, 15) is 0 Å². The number of para-hydroxylation sites is 1. The summed E-state index contributed by atoms with van der Waals surface area (Å²) in [5.74, 6) is 2.54. The standard InChI is InChI=1S/C28H27IN2O2/c1-3-33-28-24(29)15-18(16-26(28)32-2)17-30-20-13-11-19(12-14-20)27-23-9-6-8-21(23)22-7-4-5-10-25(22)31-27/h4-8,10-17,21,23,27,31H,3,9H2,1-2H3/t21-,23+,27-/m0/s1. The van der Waals surface area contributed by atoms with Crippen molar-refractivity contribution >= 4 is 40.2 Å². The molecule has 5 heteroatoms. The Bertz CT molecular complexity index is 1200. The minimum atomic E-state index is 0.301. The van der Waals surface area contributed by atoms with E-state index in [1.165, 1.54) is 16.8 Å². The highest BCUT2D eigenvalue weighted by Gasteiger charge is 2.37. The van der Waals surface area contributed by atoms with Gasteiger partial charge in [-0.2, -0.15) is 0 Å². The van der Waals surface area contributed by atoms with Gasteiger partial charge in [0.15, 0.2) is 11.5 Å². The number of anilines is 1. The number of ether oxygens (including phenoxy) is 2. The molecule has 0 amide bonds. The van der Waals surface area contributed by atoms with Gasteiger partial charge in [0.25, 0.3) is 0 Å². The Morgan fingerprint density at radius 2 is 1.94 bits per heavy atom. The van der Waals surface area contributed by atoms with E-state index in [0.29, 0.717) is 24.5 Å². The number of fused-ring (bicyclic) bond motifs is 3. The Balaban J connectivity index is 1.36. The summed E-state index contributed by atoms with van der Waals surface area (Å²) in [6.07, 6.45) is 7.69. The number of hydrogen-bond donors (Lipinski definition) is 1. The van der Waals surface area contributed by atoms with Crippen LogP contribution in [0.25, 0.3) is 0 Å². The highest BCUT2D eigenvalue weighted by molar-refractivity contribution is 14.1. The number of rotatable bonds is 6. The average molecular weight is 550 g/mol. The fraction of sp³-hybridized carbons (Fsp3) is 0.250. The molecule has 0 spiro atoms. The Morgan fingerprint density at radius 3 is 2.73 bits per heavy atom. The van der Waals surface area contributed by atoms with E-state index in [4.69, 9.17) is 14.5 Å². The molecule has 0 radical (unpaired) electrons.